The lowest BCUT2D eigenvalue weighted by Crippen LogP contribution is -2.30. The Labute approximate surface area is 348 Å². The molecule has 0 aromatic heterocycles. The highest BCUT2D eigenvalue weighted by Gasteiger charge is 2.19. The Morgan fingerprint density at radius 1 is 0.375 bits per heavy atom. The van der Waals surface area contributed by atoms with Crippen molar-refractivity contribution in [3.63, 3.8) is 0 Å². The molecular formula is C50H96O6. The van der Waals surface area contributed by atoms with E-state index in [9.17, 15) is 14.4 Å². The zero-order valence-electron chi connectivity index (χ0n) is 38.3. The SMILES string of the molecule is CCCCCCCCCCCCCC(=O)O[C@H](COC(=O)CCCCCCCCCCCCCCC(C)C)COC(=O)CCCCCCCCCCC(C)CC. The van der Waals surface area contributed by atoms with E-state index in [2.05, 4.69) is 34.6 Å². The molecule has 0 aliphatic heterocycles. The highest BCUT2D eigenvalue weighted by Crippen LogP contribution is 2.17. The second kappa shape index (κ2) is 43.0. The molecule has 0 bridgehead atoms. The molecule has 0 aliphatic carbocycles. The van der Waals surface area contributed by atoms with Gasteiger partial charge in [0, 0.05) is 19.3 Å². The molecule has 0 N–H and O–H groups in total. The number of hydrogen-bond acceptors (Lipinski definition) is 6. The van der Waals surface area contributed by atoms with Gasteiger partial charge in [0.1, 0.15) is 13.2 Å². The van der Waals surface area contributed by atoms with E-state index in [1.165, 1.54) is 161 Å². The number of ether oxygens (including phenoxy) is 3. The summed E-state index contributed by atoms with van der Waals surface area (Å²) in [6.45, 7) is 11.4. The number of hydrogen-bond donors (Lipinski definition) is 0. The second-order valence-electron chi connectivity index (χ2n) is 17.8. The molecule has 0 aliphatic rings. The van der Waals surface area contributed by atoms with Crippen LogP contribution in [-0.4, -0.2) is 37.2 Å². The zero-order valence-corrected chi connectivity index (χ0v) is 38.3. The van der Waals surface area contributed by atoms with E-state index in [0.717, 1.165) is 69.6 Å². The topological polar surface area (TPSA) is 78.9 Å². The van der Waals surface area contributed by atoms with E-state index in [1.807, 2.05) is 0 Å². The minimum atomic E-state index is -0.761. The van der Waals surface area contributed by atoms with Gasteiger partial charge in [-0.05, 0) is 31.1 Å². The fourth-order valence-electron chi connectivity index (χ4n) is 7.43. The first-order chi connectivity index (χ1) is 27.3. The van der Waals surface area contributed by atoms with Crippen molar-refractivity contribution in [2.45, 2.75) is 278 Å². The maximum Gasteiger partial charge on any atom is 0.306 e. The summed E-state index contributed by atoms with van der Waals surface area (Å²) in [6.07, 6.45) is 42.2. The molecule has 0 saturated carbocycles. The monoisotopic (exact) mass is 793 g/mol. The van der Waals surface area contributed by atoms with Crippen molar-refractivity contribution in [2.75, 3.05) is 13.2 Å². The van der Waals surface area contributed by atoms with Crippen LogP contribution in [0.4, 0.5) is 0 Å². The zero-order chi connectivity index (χ0) is 41.2. The molecule has 0 fully saturated rings. The van der Waals surface area contributed by atoms with Crippen molar-refractivity contribution in [3.8, 4) is 0 Å². The molecule has 1 unspecified atom stereocenters. The molecule has 0 spiro atoms. The van der Waals surface area contributed by atoms with Gasteiger partial charge in [0.15, 0.2) is 6.10 Å². The maximum absolute atomic E-state index is 12.7. The molecule has 0 aromatic rings. The Morgan fingerprint density at radius 3 is 1.02 bits per heavy atom. The Kier molecular flexibility index (Phi) is 41.8. The lowest BCUT2D eigenvalue weighted by molar-refractivity contribution is -0.167. The van der Waals surface area contributed by atoms with Gasteiger partial charge in [-0.2, -0.15) is 0 Å². The van der Waals surface area contributed by atoms with Gasteiger partial charge < -0.3 is 14.2 Å². The van der Waals surface area contributed by atoms with Gasteiger partial charge >= 0.3 is 17.9 Å². The molecule has 2 atom stereocenters. The third-order valence-corrected chi connectivity index (χ3v) is 11.6. The number of rotatable bonds is 44. The predicted octanol–water partition coefficient (Wildman–Crippen LogP) is 15.8. The van der Waals surface area contributed by atoms with Crippen molar-refractivity contribution in [1.82, 2.24) is 0 Å². The Hall–Kier alpha value is -1.59. The van der Waals surface area contributed by atoms with E-state index in [1.54, 1.807) is 0 Å². The molecule has 0 heterocycles. The van der Waals surface area contributed by atoms with Crippen molar-refractivity contribution < 1.29 is 28.6 Å². The molecular weight excluding hydrogens is 697 g/mol. The third kappa shape index (κ3) is 42.0. The Morgan fingerprint density at radius 2 is 0.679 bits per heavy atom. The molecule has 0 radical (unpaired) electrons. The lowest BCUT2D eigenvalue weighted by atomic mass is 9.99. The fourth-order valence-corrected chi connectivity index (χ4v) is 7.43. The van der Waals surface area contributed by atoms with Crippen LogP contribution in [0.25, 0.3) is 0 Å². The van der Waals surface area contributed by atoms with Crippen LogP contribution in [0.15, 0.2) is 0 Å². The first kappa shape index (κ1) is 54.4. The fraction of sp³-hybridized carbons (Fsp3) is 0.940. The molecule has 332 valence electrons. The lowest BCUT2D eigenvalue weighted by Gasteiger charge is -2.18. The average Bonchev–Trinajstić information content (AvgIpc) is 3.18. The van der Waals surface area contributed by atoms with Gasteiger partial charge in [-0.1, -0.05) is 234 Å². The van der Waals surface area contributed by atoms with E-state index >= 15 is 0 Å². The summed E-state index contributed by atoms with van der Waals surface area (Å²) >= 11 is 0. The van der Waals surface area contributed by atoms with Crippen LogP contribution in [-0.2, 0) is 28.6 Å². The van der Waals surface area contributed by atoms with E-state index in [-0.39, 0.29) is 31.1 Å². The van der Waals surface area contributed by atoms with Crippen LogP contribution < -0.4 is 0 Å². The number of esters is 3. The molecule has 0 aromatic carbocycles. The van der Waals surface area contributed by atoms with Crippen molar-refractivity contribution in [3.05, 3.63) is 0 Å². The molecule has 0 amide bonds. The Bertz CT molecular complexity index is 856. The first-order valence-electron chi connectivity index (χ1n) is 24.8. The van der Waals surface area contributed by atoms with Gasteiger partial charge in [-0.3, -0.25) is 14.4 Å². The molecule has 6 heteroatoms. The van der Waals surface area contributed by atoms with E-state index in [4.69, 9.17) is 14.2 Å². The minimum absolute atomic E-state index is 0.0643. The summed E-state index contributed by atoms with van der Waals surface area (Å²) in [5, 5.41) is 0. The van der Waals surface area contributed by atoms with Crippen LogP contribution in [0.5, 0.6) is 0 Å². The summed E-state index contributed by atoms with van der Waals surface area (Å²) in [4.78, 5) is 37.8. The van der Waals surface area contributed by atoms with Crippen LogP contribution in [0.2, 0.25) is 0 Å². The maximum atomic E-state index is 12.7. The summed E-state index contributed by atoms with van der Waals surface area (Å²) in [5.74, 6) is 0.829. The largest absolute Gasteiger partial charge is 0.462 e. The van der Waals surface area contributed by atoms with Gasteiger partial charge in [0.2, 0.25) is 0 Å². The van der Waals surface area contributed by atoms with Crippen LogP contribution >= 0.6 is 0 Å². The van der Waals surface area contributed by atoms with Crippen LogP contribution in [0, 0.1) is 11.8 Å². The van der Waals surface area contributed by atoms with Crippen molar-refractivity contribution in [1.29, 1.82) is 0 Å². The predicted molar refractivity (Wildman–Crippen MR) is 238 cm³/mol. The van der Waals surface area contributed by atoms with Crippen molar-refractivity contribution >= 4 is 17.9 Å². The third-order valence-electron chi connectivity index (χ3n) is 11.6. The number of carbonyl (C=O) groups excluding carboxylic acids is 3. The minimum Gasteiger partial charge on any atom is -0.462 e. The van der Waals surface area contributed by atoms with Crippen molar-refractivity contribution in [2.24, 2.45) is 11.8 Å². The van der Waals surface area contributed by atoms with Crippen LogP contribution in [0.1, 0.15) is 272 Å². The highest BCUT2D eigenvalue weighted by molar-refractivity contribution is 5.71. The summed E-state index contributed by atoms with van der Waals surface area (Å²) in [6, 6.07) is 0. The normalized spacial score (nSPS) is 12.5. The number of carbonyl (C=O) groups is 3. The average molecular weight is 793 g/mol. The van der Waals surface area contributed by atoms with Gasteiger partial charge in [0.05, 0.1) is 0 Å². The molecule has 0 rings (SSSR count). The highest BCUT2D eigenvalue weighted by atomic mass is 16.6. The Balaban J connectivity index is 4.31. The molecule has 56 heavy (non-hydrogen) atoms. The first-order valence-corrected chi connectivity index (χ1v) is 24.8. The van der Waals surface area contributed by atoms with Crippen LogP contribution in [0.3, 0.4) is 0 Å². The smallest absolute Gasteiger partial charge is 0.306 e. The summed E-state index contributed by atoms with van der Waals surface area (Å²) in [7, 11) is 0. The second-order valence-corrected chi connectivity index (χ2v) is 17.8. The van der Waals surface area contributed by atoms with E-state index < -0.39 is 6.10 Å². The number of unbranched alkanes of at least 4 members (excludes halogenated alkanes) is 28. The quantitative estimate of drug-likeness (QED) is 0.0347. The van der Waals surface area contributed by atoms with Gasteiger partial charge in [-0.15, -0.1) is 0 Å². The summed E-state index contributed by atoms with van der Waals surface area (Å²) in [5.41, 5.74) is 0. The molecule has 6 nitrogen and oxygen atoms in total. The van der Waals surface area contributed by atoms with E-state index in [0.29, 0.717) is 19.3 Å². The molecule has 0 saturated heterocycles. The summed E-state index contributed by atoms with van der Waals surface area (Å²) < 4.78 is 16.8. The van der Waals surface area contributed by atoms with Gasteiger partial charge in [0.25, 0.3) is 0 Å². The standard InChI is InChI=1S/C50H96O6/c1-6-8-9-10-11-12-15-20-27-32-37-42-50(53)56-47(44-55-49(52)41-36-31-26-22-21-24-29-34-39-46(5)7-2)43-54-48(51)40-35-30-25-19-17-14-13-16-18-23-28-33-38-45(3)4/h45-47H,6-44H2,1-5H3/t46?,47-/m1/s1. The van der Waals surface area contributed by atoms with Gasteiger partial charge in [-0.25, -0.2) is 0 Å².